The van der Waals surface area contributed by atoms with E-state index in [1.54, 1.807) is 0 Å². The van der Waals surface area contributed by atoms with E-state index in [4.69, 9.17) is 15.7 Å². The summed E-state index contributed by atoms with van der Waals surface area (Å²) in [5, 5.41) is 0. The molecule has 1 aromatic rings. The number of hydrogen-bond acceptors (Lipinski definition) is 5. The van der Waals surface area contributed by atoms with Gasteiger partial charge in [0.1, 0.15) is 11.6 Å². The molecule has 5 heteroatoms. The maximum Gasteiger partial charge on any atom is 0.135 e. The highest BCUT2D eigenvalue weighted by Gasteiger charge is 2.25. The predicted molar refractivity (Wildman–Crippen MR) is 104 cm³/mol. The zero-order valence-electron chi connectivity index (χ0n) is 16.3. The molecule has 1 fully saturated rings. The molecular weight excluding hydrogens is 310 g/mol. The van der Waals surface area contributed by atoms with E-state index in [0.29, 0.717) is 6.04 Å². The van der Waals surface area contributed by atoms with E-state index in [1.807, 2.05) is 0 Å². The summed E-state index contributed by atoms with van der Waals surface area (Å²) in [6.45, 7) is 8.82. The van der Waals surface area contributed by atoms with Crippen molar-refractivity contribution >= 4 is 5.82 Å². The number of rotatable bonds is 5. The Morgan fingerprint density at radius 3 is 2.48 bits per heavy atom. The van der Waals surface area contributed by atoms with Crippen molar-refractivity contribution in [2.24, 2.45) is 11.7 Å². The molecule has 25 heavy (non-hydrogen) atoms. The molecule has 3 rings (SSSR count). The number of aryl methyl sites for hydroxylation is 1. The number of fused-ring (bicyclic) bond motifs is 1. The molecule has 2 aliphatic rings. The van der Waals surface area contributed by atoms with Crippen molar-refractivity contribution in [3.63, 3.8) is 0 Å². The summed E-state index contributed by atoms with van der Waals surface area (Å²) >= 11 is 0. The Labute approximate surface area is 153 Å². The lowest BCUT2D eigenvalue weighted by molar-refractivity contribution is 0.200. The highest BCUT2D eigenvalue weighted by Crippen LogP contribution is 2.27. The topological polar surface area (TPSA) is 58.3 Å². The molecule has 140 valence electrons. The fourth-order valence-corrected chi connectivity index (χ4v) is 4.22. The van der Waals surface area contributed by atoms with Crippen molar-refractivity contribution in [3.05, 3.63) is 17.1 Å². The molecular formula is C20H35N5. The number of hydrogen-bond donors (Lipinski definition) is 1. The summed E-state index contributed by atoms with van der Waals surface area (Å²) < 4.78 is 0. The fourth-order valence-electron chi connectivity index (χ4n) is 4.22. The van der Waals surface area contributed by atoms with Gasteiger partial charge in [0.15, 0.2) is 0 Å². The summed E-state index contributed by atoms with van der Waals surface area (Å²) in [5.41, 5.74) is 8.74. The van der Waals surface area contributed by atoms with Gasteiger partial charge in [0.2, 0.25) is 0 Å². The van der Waals surface area contributed by atoms with Crippen LogP contribution < -0.4 is 10.6 Å². The maximum atomic E-state index is 6.06. The van der Waals surface area contributed by atoms with Crippen LogP contribution in [-0.2, 0) is 19.3 Å². The van der Waals surface area contributed by atoms with Gasteiger partial charge in [0.05, 0.1) is 5.69 Å². The first-order valence-electron chi connectivity index (χ1n) is 10.2. The van der Waals surface area contributed by atoms with Crippen molar-refractivity contribution < 1.29 is 0 Å². The fraction of sp³-hybridized carbons (Fsp3) is 0.800. The number of aromatic nitrogens is 2. The van der Waals surface area contributed by atoms with Gasteiger partial charge in [-0.2, -0.15) is 0 Å². The van der Waals surface area contributed by atoms with Gasteiger partial charge in [-0.1, -0.05) is 6.92 Å². The Kier molecular flexibility index (Phi) is 6.29. The van der Waals surface area contributed by atoms with E-state index < -0.39 is 0 Å². The smallest absolute Gasteiger partial charge is 0.135 e. The Morgan fingerprint density at radius 1 is 1.08 bits per heavy atom. The molecule has 0 spiro atoms. The molecule has 0 aromatic carbocycles. The highest BCUT2D eigenvalue weighted by atomic mass is 15.2. The van der Waals surface area contributed by atoms with Gasteiger partial charge in [-0.15, -0.1) is 0 Å². The monoisotopic (exact) mass is 345 g/mol. The highest BCUT2D eigenvalue weighted by molar-refractivity contribution is 5.49. The Bertz CT molecular complexity index is 565. The van der Waals surface area contributed by atoms with Gasteiger partial charge >= 0.3 is 0 Å². The second kappa shape index (κ2) is 8.45. The zero-order valence-corrected chi connectivity index (χ0v) is 16.3. The average Bonchev–Trinajstić information content (AvgIpc) is 2.84. The normalized spacial score (nSPS) is 24.6. The number of nitrogens with zero attached hydrogens (tertiary/aromatic N) is 4. The summed E-state index contributed by atoms with van der Waals surface area (Å²) in [6.07, 6.45) is 8.05. The molecule has 0 amide bonds. The van der Waals surface area contributed by atoms with Crippen LogP contribution in [-0.4, -0.2) is 54.1 Å². The van der Waals surface area contributed by atoms with E-state index >= 15 is 0 Å². The van der Waals surface area contributed by atoms with Crippen LogP contribution >= 0.6 is 0 Å². The lowest BCUT2D eigenvalue weighted by atomic mass is 9.86. The lowest BCUT2D eigenvalue weighted by Crippen LogP contribution is -2.35. The molecule has 2 heterocycles. The molecule has 0 saturated heterocycles. The van der Waals surface area contributed by atoms with Crippen molar-refractivity contribution in [2.75, 3.05) is 38.1 Å². The summed E-state index contributed by atoms with van der Waals surface area (Å²) in [7, 11) is 2.15. The summed E-state index contributed by atoms with van der Waals surface area (Å²) in [5.74, 6) is 2.98. The molecule has 1 aliphatic heterocycles. The zero-order chi connectivity index (χ0) is 17.8. The summed E-state index contributed by atoms with van der Waals surface area (Å²) in [4.78, 5) is 14.7. The Morgan fingerprint density at radius 2 is 1.80 bits per heavy atom. The molecule has 0 atom stereocenters. The van der Waals surface area contributed by atoms with Crippen molar-refractivity contribution in [1.29, 1.82) is 0 Å². The van der Waals surface area contributed by atoms with Crippen LogP contribution in [0.2, 0.25) is 0 Å². The molecule has 2 N–H and O–H groups in total. The van der Waals surface area contributed by atoms with E-state index in [9.17, 15) is 0 Å². The molecule has 0 unspecified atom stereocenters. The molecule has 5 nitrogen and oxygen atoms in total. The standard InChI is InChI=1S/C20H35N5/c1-4-19-22-18-11-13-25(14-15-6-8-16(21)9-7-15)12-10-17(18)20(23-19)24(3)5-2/h15-16H,4-14,21H2,1-3H3. The van der Waals surface area contributed by atoms with Gasteiger partial charge in [0, 0.05) is 57.7 Å². The summed E-state index contributed by atoms with van der Waals surface area (Å²) in [6, 6.07) is 0.444. The van der Waals surface area contributed by atoms with Crippen LogP contribution in [0.1, 0.15) is 56.6 Å². The van der Waals surface area contributed by atoms with Gasteiger partial charge in [0.25, 0.3) is 0 Å². The lowest BCUT2D eigenvalue weighted by Gasteiger charge is -2.31. The first-order chi connectivity index (χ1) is 12.1. The third-order valence-electron chi connectivity index (χ3n) is 6.02. The van der Waals surface area contributed by atoms with Crippen LogP contribution in [0.4, 0.5) is 5.82 Å². The Hall–Kier alpha value is -1.20. The molecule has 0 radical (unpaired) electrons. The third kappa shape index (κ3) is 4.50. The second-order valence-electron chi connectivity index (χ2n) is 7.84. The quantitative estimate of drug-likeness (QED) is 0.888. The minimum Gasteiger partial charge on any atom is -0.360 e. The average molecular weight is 346 g/mol. The van der Waals surface area contributed by atoms with Crippen LogP contribution in [0, 0.1) is 5.92 Å². The SMILES string of the molecule is CCc1nc2c(c(N(C)CC)n1)CCN(CC1CCC(N)CC1)CC2. The first kappa shape index (κ1) is 18.6. The number of nitrogens with two attached hydrogens (primary N) is 1. The van der Waals surface area contributed by atoms with Crippen molar-refractivity contribution in [1.82, 2.24) is 14.9 Å². The molecule has 1 saturated carbocycles. The van der Waals surface area contributed by atoms with E-state index in [0.717, 1.165) is 56.5 Å². The minimum atomic E-state index is 0.444. The van der Waals surface area contributed by atoms with Crippen molar-refractivity contribution in [2.45, 2.75) is 64.8 Å². The van der Waals surface area contributed by atoms with Crippen LogP contribution in [0.3, 0.4) is 0 Å². The van der Waals surface area contributed by atoms with Gasteiger partial charge in [-0.05, 0) is 44.9 Å². The molecule has 1 aliphatic carbocycles. The Balaban J connectivity index is 1.70. The van der Waals surface area contributed by atoms with Crippen LogP contribution in [0.5, 0.6) is 0 Å². The predicted octanol–water partition coefficient (Wildman–Crippen LogP) is 2.41. The maximum absolute atomic E-state index is 6.06. The third-order valence-corrected chi connectivity index (χ3v) is 6.02. The van der Waals surface area contributed by atoms with E-state index in [1.165, 1.54) is 43.5 Å². The van der Waals surface area contributed by atoms with Crippen molar-refractivity contribution in [3.8, 4) is 0 Å². The van der Waals surface area contributed by atoms with Gasteiger partial charge < -0.3 is 15.5 Å². The second-order valence-corrected chi connectivity index (χ2v) is 7.84. The number of anilines is 1. The molecule has 1 aromatic heterocycles. The van der Waals surface area contributed by atoms with E-state index in [2.05, 4.69) is 30.7 Å². The van der Waals surface area contributed by atoms with Gasteiger partial charge in [-0.25, -0.2) is 9.97 Å². The van der Waals surface area contributed by atoms with Gasteiger partial charge in [-0.3, -0.25) is 0 Å². The first-order valence-corrected chi connectivity index (χ1v) is 10.2. The van der Waals surface area contributed by atoms with Crippen LogP contribution in [0.25, 0.3) is 0 Å². The molecule has 0 bridgehead atoms. The van der Waals surface area contributed by atoms with Crippen LogP contribution in [0.15, 0.2) is 0 Å². The minimum absolute atomic E-state index is 0.444. The largest absolute Gasteiger partial charge is 0.360 e. The van der Waals surface area contributed by atoms with E-state index in [-0.39, 0.29) is 0 Å².